The second-order valence-electron chi connectivity index (χ2n) is 6.19. The minimum atomic E-state index is -1.09. The molecule has 28 heavy (non-hydrogen) atoms. The molecule has 1 saturated carbocycles. The molecule has 2 aromatic carbocycles. The van der Waals surface area contributed by atoms with Crippen molar-refractivity contribution in [3.63, 3.8) is 0 Å². The molecule has 1 unspecified atom stereocenters. The predicted molar refractivity (Wildman–Crippen MR) is 106 cm³/mol. The number of nitrogens with one attached hydrogen (secondary N) is 3. The van der Waals surface area contributed by atoms with Crippen molar-refractivity contribution in [1.82, 2.24) is 0 Å². The summed E-state index contributed by atoms with van der Waals surface area (Å²) in [5.41, 5.74) is -0.416. The zero-order chi connectivity index (χ0) is 20.6. The van der Waals surface area contributed by atoms with Crippen molar-refractivity contribution in [2.75, 3.05) is 23.0 Å². The number of amides is 2. The van der Waals surface area contributed by atoms with E-state index in [2.05, 4.69) is 16.0 Å². The lowest BCUT2D eigenvalue weighted by Gasteiger charge is -2.13. The SMILES string of the molecule is CNc1ccc(F)c(NC(=O)c2cc(NC(=O)C3CC3(Cl)Cl)ccc2Cl)c1F. The first-order chi connectivity index (χ1) is 13.1. The maximum absolute atomic E-state index is 14.3. The average molecular weight is 449 g/mol. The molecule has 1 aliphatic rings. The number of carbonyl (C=O) groups excluding carboxylic acids is 2. The van der Waals surface area contributed by atoms with Gasteiger partial charge in [-0.2, -0.15) is 0 Å². The normalized spacial score (nSPS) is 17.0. The van der Waals surface area contributed by atoms with E-state index in [1.54, 1.807) is 0 Å². The van der Waals surface area contributed by atoms with Gasteiger partial charge in [0.05, 0.1) is 22.2 Å². The van der Waals surface area contributed by atoms with Gasteiger partial charge in [-0.15, -0.1) is 23.2 Å². The highest BCUT2D eigenvalue weighted by atomic mass is 35.5. The fraction of sp³-hybridized carbons (Fsp3) is 0.222. The standard InChI is InChI=1S/C18H14Cl3F2N3O2/c1-24-13-5-4-12(22)15(14(13)23)26-16(27)9-6-8(2-3-11(9)19)25-17(28)10-7-18(10,20)21/h2-6,10,24H,7H2,1H3,(H,25,28)(H,26,27). The molecule has 2 aromatic rings. The van der Waals surface area contributed by atoms with Crippen LogP contribution in [0, 0.1) is 17.6 Å². The van der Waals surface area contributed by atoms with Crippen LogP contribution in [0.25, 0.3) is 0 Å². The van der Waals surface area contributed by atoms with Crippen LogP contribution in [0.5, 0.6) is 0 Å². The summed E-state index contributed by atoms with van der Waals surface area (Å²) in [5, 5.41) is 7.34. The molecule has 0 spiro atoms. The van der Waals surface area contributed by atoms with Crippen molar-refractivity contribution in [3.05, 3.63) is 52.6 Å². The molecule has 10 heteroatoms. The second-order valence-corrected chi connectivity index (χ2v) is 8.14. The highest BCUT2D eigenvalue weighted by Crippen LogP contribution is 2.53. The zero-order valence-electron chi connectivity index (χ0n) is 14.4. The number of hydrogen-bond donors (Lipinski definition) is 3. The van der Waals surface area contributed by atoms with E-state index >= 15 is 0 Å². The molecule has 148 valence electrons. The maximum atomic E-state index is 14.3. The lowest BCUT2D eigenvalue weighted by atomic mass is 10.1. The quantitative estimate of drug-likeness (QED) is 0.561. The first-order valence-electron chi connectivity index (χ1n) is 8.09. The van der Waals surface area contributed by atoms with Gasteiger partial charge in [0.2, 0.25) is 5.91 Å². The van der Waals surface area contributed by atoms with Crippen molar-refractivity contribution in [2.24, 2.45) is 5.92 Å². The fourth-order valence-corrected chi connectivity index (χ4v) is 3.26. The van der Waals surface area contributed by atoms with Gasteiger partial charge in [-0.1, -0.05) is 11.6 Å². The molecule has 3 N–H and O–H groups in total. The number of benzene rings is 2. The summed E-state index contributed by atoms with van der Waals surface area (Å²) in [5.74, 6) is -3.71. The largest absolute Gasteiger partial charge is 0.386 e. The van der Waals surface area contributed by atoms with Crippen LogP contribution in [0.1, 0.15) is 16.8 Å². The van der Waals surface area contributed by atoms with Gasteiger partial charge in [0.1, 0.15) is 15.8 Å². The molecule has 5 nitrogen and oxygen atoms in total. The number of carbonyl (C=O) groups is 2. The Morgan fingerprint density at radius 1 is 1.14 bits per heavy atom. The third-order valence-corrected chi connectivity index (χ3v) is 5.38. The Hall–Kier alpha value is -2.09. The summed E-state index contributed by atoms with van der Waals surface area (Å²) in [4.78, 5) is 24.6. The van der Waals surface area contributed by atoms with Crippen LogP contribution in [0.2, 0.25) is 5.02 Å². The second kappa shape index (κ2) is 7.73. The van der Waals surface area contributed by atoms with Gasteiger partial charge in [-0.3, -0.25) is 9.59 Å². The Morgan fingerprint density at radius 3 is 2.43 bits per heavy atom. The van der Waals surface area contributed by atoms with E-state index in [4.69, 9.17) is 34.8 Å². The topological polar surface area (TPSA) is 70.2 Å². The minimum Gasteiger partial charge on any atom is -0.386 e. The van der Waals surface area contributed by atoms with Crippen LogP contribution in [-0.2, 0) is 4.79 Å². The molecule has 0 heterocycles. The summed E-state index contributed by atoms with van der Waals surface area (Å²) >= 11 is 17.8. The molecule has 0 aliphatic heterocycles. The van der Waals surface area contributed by atoms with E-state index in [-0.39, 0.29) is 22.0 Å². The summed E-state index contributed by atoms with van der Waals surface area (Å²) in [7, 11) is 1.46. The van der Waals surface area contributed by atoms with Crippen molar-refractivity contribution in [2.45, 2.75) is 10.8 Å². The third kappa shape index (κ3) is 4.16. The number of halogens is 5. The van der Waals surface area contributed by atoms with Gasteiger partial charge in [0.15, 0.2) is 5.82 Å². The third-order valence-electron chi connectivity index (χ3n) is 4.22. The minimum absolute atomic E-state index is 0.0128. The summed E-state index contributed by atoms with van der Waals surface area (Å²) in [6, 6.07) is 6.37. The number of anilines is 3. The average Bonchev–Trinajstić information content (AvgIpc) is 3.28. The number of alkyl halides is 2. The fourth-order valence-electron chi connectivity index (χ4n) is 2.55. The summed E-state index contributed by atoms with van der Waals surface area (Å²) in [6.45, 7) is 0. The molecular formula is C18H14Cl3F2N3O2. The zero-order valence-corrected chi connectivity index (χ0v) is 16.6. The highest BCUT2D eigenvalue weighted by Gasteiger charge is 2.56. The van der Waals surface area contributed by atoms with Crippen LogP contribution in [0.3, 0.4) is 0 Å². The maximum Gasteiger partial charge on any atom is 0.257 e. The molecule has 0 bridgehead atoms. The van der Waals surface area contributed by atoms with Crippen molar-refractivity contribution < 1.29 is 18.4 Å². The Labute approximate surface area is 174 Å². The van der Waals surface area contributed by atoms with Gasteiger partial charge in [0, 0.05) is 12.7 Å². The van der Waals surface area contributed by atoms with E-state index in [0.29, 0.717) is 6.42 Å². The summed E-state index contributed by atoms with van der Waals surface area (Å²) < 4.78 is 27.2. The van der Waals surface area contributed by atoms with E-state index in [9.17, 15) is 18.4 Å². The van der Waals surface area contributed by atoms with Crippen LogP contribution < -0.4 is 16.0 Å². The molecule has 3 rings (SSSR count). The molecule has 1 aliphatic carbocycles. The van der Waals surface area contributed by atoms with Gasteiger partial charge in [-0.05, 0) is 36.8 Å². The van der Waals surface area contributed by atoms with Crippen LogP contribution in [0.15, 0.2) is 30.3 Å². The van der Waals surface area contributed by atoms with Crippen molar-refractivity contribution in [3.8, 4) is 0 Å². The number of hydrogen-bond acceptors (Lipinski definition) is 3. The molecule has 1 atom stereocenters. The summed E-state index contributed by atoms with van der Waals surface area (Å²) in [6.07, 6.45) is 0.323. The molecular weight excluding hydrogens is 435 g/mol. The Morgan fingerprint density at radius 2 is 1.82 bits per heavy atom. The van der Waals surface area contributed by atoms with Gasteiger partial charge in [-0.25, -0.2) is 8.78 Å². The Balaban J connectivity index is 1.82. The van der Waals surface area contributed by atoms with Gasteiger partial charge in [0.25, 0.3) is 5.91 Å². The first-order valence-corrected chi connectivity index (χ1v) is 9.22. The first kappa shape index (κ1) is 20.6. The molecule has 0 radical (unpaired) electrons. The van der Waals surface area contributed by atoms with Crippen LogP contribution in [0.4, 0.5) is 25.8 Å². The number of rotatable bonds is 5. The van der Waals surface area contributed by atoms with Crippen molar-refractivity contribution >= 4 is 63.7 Å². The van der Waals surface area contributed by atoms with Crippen molar-refractivity contribution in [1.29, 1.82) is 0 Å². The van der Waals surface area contributed by atoms with E-state index in [0.717, 1.165) is 6.07 Å². The molecule has 2 amide bonds. The van der Waals surface area contributed by atoms with E-state index < -0.39 is 39.4 Å². The van der Waals surface area contributed by atoms with Crippen LogP contribution >= 0.6 is 34.8 Å². The van der Waals surface area contributed by atoms with E-state index in [1.807, 2.05) is 0 Å². The van der Waals surface area contributed by atoms with E-state index in [1.165, 1.54) is 31.3 Å². The lowest BCUT2D eigenvalue weighted by molar-refractivity contribution is -0.117. The molecule has 1 fully saturated rings. The predicted octanol–water partition coefficient (Wildman–Crippen LogP) is 5.04. The lowest BCUT2D eigenvalue weighted by Crippen LogP contribution is -2.18. The van der Waals surface area contributed by atoms with Crippen LogP contribution in [-0.4, -0.2) is 23.2 Å². The van der Waals surface area contributed by atoms with Gasteiger partial charge >= 0.3 is 0 Å². The molecule has 0 aromatic heterocycles. The smallest absolute Gasteiger partial charge is 0.257 e. The molecule has 0 saturated heterocycles. The Kier molecular flexibility index (Phi) is 5.70. The highest BCUT2D eigenvalue weighted by molar-refractivity contribution is 6.52. The Bertz CT molecular complexity index is 969. The van der Waals surface area contributed by atoms with Gasteiger partial charge < -0.3 is 16.0 Å². The monoisotopic (exact) mass is 447 g/mol.